The summed E-state index contributed by atoms with van der Waals surface area (Å²) in [4.78, 5) is 12.5. The molecule has 0 spiro atoms. The van der Waals surface area contributed by atoms with Gasteiger partial charge in [-0.1, -0.05) is 59.2 Å². The minimum atomic E-state index is -0.376. The Bertz CT molecular complexity index is 1350. The number of carbonyl (C=O) groups is 1. The predicted molar refractivity (Wildman–Crippen MR) is 144 cm³/mol. The summed E-state index contributed by atoms with van der Waals surface area (Å²) in [5.41, 5.74) is 2.39. The first-order valence-electron chi connectivity index (χ1n) is 10.4. The highest BCUT2D eigenvalue weighted by Gasteiger charge is 2.18. The highest BCUT2D eigenvalue weighted by molar-refractivity contribution is 9.10. The second-order valence-corrected chi connectivity index (χ2v) is 9.90. The number of urea groups is 1. The lowest BCUT2D eigenvalue weighted by Gasteiger charge is -2.13. The van der Waals surface area contributed by atoms with Gasteiger partial charge < -0.3 is 15.4 Å². The van der Waals surface area contributed by atoms with Crippen LogP contribution in [-0.2, 0) is 12.3 Å². The van der Waals surface area contributed by atoms with E-state index in [9.17, 15) is 4.79 Å². The zero-order valence-corrected chi connectivity index (χ0v) is 22.4. The molecule has 3 aromatic carbocycles. The van der Waals surface area contributed by atoms with E-state index in [1.165, 1.54) is 11.8 Å². The van der Waals surface area contributed by atoms with E-state index in [1.54, 1.807) is 31.4 Å². The molecule has 0 aliphatic carbocycles. The van der Waals surface area contributed by atoms with Crippen LogP contribution in [0.25, 0.3) is 5.69 Å². The monoisotopic (exact) mass is 591 g/mol. The maximum Gasteiger partial charge on any atom is 0.319 e. The van der Waals surface area contributed by atoms with Crippen LogP contribution in [0, 0.1) is 0 Å². The summed E-state index contributed by atoms with van der Waals surface area (Å²) in [7, 11) is 1.64. The van der Waals surface area contributed by atoms with Gasteiger partial charge in [-0.3, -0.25) is 4.57 Å². The molecular formula is C24H20BrCl2N5O2S. The van der Waals surface area contributed by atoms with Gasteiger partial charge in [-0.05, 0) is 64.0 Å². The fraction of sp³-hybridized carbons (Fsp3) is 0.125. The van der Waals surface area contributed by atoms with Gasteiger partial charge in [0.15, 0.2) is 11.0 Å². The Balaban J connectivity index is 1.56. The molecular weight excluding hydrogens is 573 g/mol. The summed E-state index contributed by atoms with van der Waals surface area (Å²) in [6.07, 6.45) is 0. The van der Waals surface area contributed by atoms with E-state index in [4.69, 9.17) is 27.9 Å². The maximum atomic E-state index is 12.5. The van der Waals surface area contributed by atoms with Crippen molar-refractivity contribution in [2.24, 2.45) is 0 Å². The third kappa shape index (κ3) is 6.49. The van der Waals surface area contributed by atoms with Gasteiger partial charge in [-0.15, -0.1) is 10.2 Å². The van der Waals surface area contributed by atoms with Crippen molar-refractivity contribution < 1.29 is 9.53 Å². The molecule has 0 unspecified atom stereocenters. The van der Waals surface area contributed by atoms with Gasteiger partial charge in [-0.2, -0.15) is 0 Å². The van der Waals surface area contributed by atoms with E-state index in [-0.39, 0.29) is 12.6 Å². The first-order chi connectivity index (χ1) is 16.9. The molecule has 35 heavy (non-hydrogen) atoms. The van der Waals surface area contributed by atoms with E-state index in [2.05, 4.69) is 36.8 Å². The smallest absolute Gasteiger partial charge is 0.319 e. The molecule has 7 nitrogen and oxygen atoms in total. The van der Waals surface area contributed by atoms with Crippen molar-refractivity contribution in [1.82, 2.24) is 20.1 Å². The predicted octanol–water partition coefficient (Wildman–Crippen LogP) is 6.96. The Kier molecular flexibility index (Phi) is 8.56. The molecule has 0 aliphatic heterocycles. The van der Waals surface area contributed by atoms with Crippen LogP contribution in [0.2, 0.25) is 10.0 Å². The number of nitrogens with zero attached hydrogens (tertiary/aromatic N) is 3. The highest BCUT2D eigenvalue weighted by atomic mass is 79.9. The van der Waals surface area contributed by atoms with Crippen molar-refractivity contribution in [3.8, 4) is 11.4 Å². The summed E-state index contributed by atoms with van der Waals surface area (Å²) in [6.45, 7) is 0.127. The Labute approximate surface area is 225 Å². The molecule has 4 rings (SSSR count). The molecule has 180 valence electrons. The quantitative estimate of drug-likeness (QED) is 0.216. The number of halogens is 3. The second kappa shape index (κ2) is 11.8. The lowest BCUT2D eigenvalue weighted by molar-refractivity contribution is 0.251. The zero-order valence-electron chi connectivity index (χ0n) is 18.5. The standard InChI is InChI=1S/C24H20BrCl2N5O2S/c1-34-17-6-4-5-15(11-17)14-35-24-31-30-22(32(24)21-10-9-16(26)12-19(21)27)13-28-23(33)29-20-8-3-2-7-18(20)25/h2-12H,13-14H2,1H3,(H2,28,29,33). The number of nitrogens with one attached hydrogen (secondary N) is 2. The van der Waals surface area contributed by atoms with Crippen LogP contribution in [0.5, 0.6) is 5.75 Å². The van der Waals surface area contributed by atoms with Crippen LogP contribution in [0.3, 0.4) is 0 Å². The normalized spacial score (nSPS) is 10.7. The van der Waals surface area contributed by atoms with Gasteiger partial charge in [0.1, 0.15) is 5.75 Å². The van der Waals surface area contributed by atoms with Gasteiger partial charge in [0.25, 0.3) is 0 Å². The Morgan fingerprint density at radius 2 is 1.91 bits per heavy atom. The van der Waals surface area contributed by atoms with Gasteiger partial charge in [0.2, 0.25) is 0 Å². The SMILES string of the molecule is COc1cccc(CSc2nnc(CNC(=O)Nc3ccccc3Br)n2-c2ccc(Cl)cc2Cl)c1. The van der Waals surface area contributed by atoms with Gasteiger partial charge in [0, 0.05) is 15.2 Å². The lowest BCUT2D eigenvalue weighted by atomic mass is 10.2. The number of rotatable bonds is 8. The van der Waals surface area contributed by atoms with Crippen LogP contribution in [0.1, 0.15) is 11.4 Å². The minimum absolute atomic E-state index is 0.127. The molecule has 0 fully saturated rings. The van der Waals surface area contributed by atoms with Crippen LogP contribution < -0.4 is 15.4 Å². The van der Waals surface area contributed by atoms with E-state index in [0.29, 0.717) is 38.2 Å². The number of thioether (sulfide) groups is 1. The Morgan fingerprint density at radius 1 is 1.09 bits per heavy atom. The first-order valence-corrected chi connectivity index (χ1v) is 12.9. The number of ether oxygens (including phenoxy) is 1. The summed E-state index contributed by atoms with van der Waals surface area (Å²) in [6, 6.07) is 20.0. The molecule has 1 aromatic heterocycles. The molecule has 0 radical (unpaired) electrons. The maximum absolute atomic E-state index is 12.5. The average Bonchev–Trinajstić information content (AvgIpc) is 3.25. The Hall–Kier alpha value is -2.72. The van der Waals surface area contributed by atoms with Crippen molar-refractivity contribution in [3.05, 3.63) is 92.6 Å². The van der Waals surface area contributed by atoms with E-state index >= 15 is 0 Å². The van der Waals surface area contributed by atoms with Crippen molar-refractivity contribution in [2.75, 3.05) is 12.4 Å². The third-order valence-electron chi connectivity index (χ3n) is 4.88. The summed E-state index contributed by atoms with van der Waals surface area (Å²) in [5, 5.41) is 15.9. The first kappa shape index (κ1) is 25.4. The number of aromatic nitrogens is 3. The third-order valence-corrected chi connectivity index (χ3v) is 7.11. The van der Waals surface area contributed by atoms with Crippen LogP contribution in [0.15, 0.2) is 76.4 Å². The number of anilines is 1. The average molecular weight is 593 g/mol. The largest absolute Gasteiger partial charge is 0.497 e. The number of hydrogen-bond acceptors (Lipinski definition) is 5. The van der Waals surface area contributed by atoms with E-state index in [0.717, 1.165) is 15.8 Å². The number of amides is 2. The molecule has 4 aromatic rings. The number of benzene rings is 3. The molecule has 0 atom stereocenters. The molecule has 0 aliphatic rings. The van der Waals surface area contributed by atoms with E-state index < -0.39 is 0 Å². The fourth-order valence-corrected chi connectivity index (χ4v) is 5.00. The number of carbonyl (C=O) groups excluding carboxylic acids is 1. The van der Waals surface area contributed by atoms with Crippen LogP contribution in [0.4, 0.5) is 10.5 Å². The highest BCUT2D eigenvalue weighted by Crippen LogP contribution is 2.31. The molecule has 2 amide bonds. The fourth-order valence-electron chi connectivity index (χ4n) is 3.21. The topological polar surface area (TPSA) is 81.1 Å². The second-order valence-electron chi connectivity index (χ2n) is 7.26. The lowest BCUT2D eigenvalue weighted by Crippen LogP contribution is -2.29. The minimum Gasteiger partial charge on any atom is -0.497 e. The van der Waals surface area contributed by atoms with Crippen molar-refractivity contribution >= 4 is 62.6 Å². The summed E-state index contributed by atoms with van der Waals surface area (Å²) >= 11 is 17.5. The summed E-state index contributed by atoms with van der Waals surface area (Å²) < 4.78 is 7.92. The molecule has 2 N–H and O–H groups in total. The van der Waals surface area contributed by atoms with Gasteiger partial charge >= 0.3 is 6.03 Å². The number of methoxy groups -OCH3 is 1. The Morgan fingerprint density at radius 3 is 2.69 bits per heavy atom. The van der Waals surface area contributed by atoms with Crippen molar-refractivity contribution in [3.63, 3.8) is 0 Å². The molecule has 11 heteroatoms. The van der Waals surface area contributed by atoms with Crippen LogP contribution >= 0.6 is 50.9 Å². The van der Waals surface area contributed by atoms with Crippen molar-refractivity contribution in [1.29, 1.82) is 0 Å². The van der Waals surface area contributed by atoms with Gasteiger partial charge in [-0.25, -0.2) is 4.79 Å². The van der Waals surface area contributed by atoms with Gasteiger partial charge in [0.05, 0.1) is 30.1 Å². The van der Waals surface area contributed by atoms with Crippen molar-refractivity contribution in [2.45, 2.75) is 17.5 Å². The summed E-state index contributed by atoms with van der Waals surface area (Å²) in [5.74, 6) is 1.94. The van der Waals surface area contributed by atoms with E-state index in [1.807, 2.05) is 47.0 Å². The van der Waals surface area contributed by atoms with Crippen LogP contribution in [-0.4, -0.2) is 27.9 Å². The number of para-hydroxylation sites is 1. The molecule has 1 heterocycles. The molecule has 0 bridgehead atoms. The molecule has 0 saturated heterocycles. The zero-order chi connectivity index (χ0) is 24.8. The molecule has 0 saturated carbocycles. The number of hydrogen-bond donors (Lipinski definition) is 2.